The molecule has 0 saturated carbocycles. The zero-order chi connectivity index (χ0) is 19.4. The van der Waals surface area contributed by atoms with Gasteiger partial charge in [-0.25, -0.2) is 0 Å². The van der Waals surface area contributed by atoms with E-state index < -0.39 is 0 Å². The van der Waals surface area contributed by atoms with Gasteiger partial charge in [-0.15, -0.1) is 11.8 Å². The Kier molecular flexibility index (Phi) is 6.32. The summed E-state index contributed by atoms with van der Waals surface area (Å²) in [5, 5.41) is 0. The largest absolute Gasteiger partial charge is 0.497 e. The highest BCUT2D eigenvalue weighted by atomic mass is 32.2. The Labute approximate surface area is 165 Å². The molecule has 27 heavy (non-hydrogen) atoms. The molecule has 3 rings (SSSR count). The van der Waals surface area contributed by atoms with Crippen molar-refractivity contribution >= 4 is 17.7 Å². The minimum absolute atomic E-state index is 0.0438. The fourth-order valence-electron chi connectivity index (χ4n) is 3.67. The average molecular weight is 386 g/mol. The van der Waals surface area contributed by atoms with Crippen LogP contribution in [0.15, 0.2) is 41.3 Å². The summed E-state index contributed by atoms with van der Waals surface area (Å²) in [6, 6.07) is 12.2. The molecule has 1 aliphatic heterocycles. The molecule has 0 aliphatic carbocycles. The number of rotatable bonds is 6. The van der Waals surface area contributed by atoms with E-state index in [4.69, 9.17) is 9.47 Å². The van der Waals surface area contributed by atoms with Crippen molar-refractivity contribution in [2.45, 2.75) is 37.6 Å². The number of thioether (sulfide) groups is 1. The third-order valence-electron chi connectivity index (χ3n) is 5.05. The number of methoxy groups -OCH3 is 2. The third kappa shape index (κ3) is 4.41. The monoisotopic (exact) mass is 385 g/mol. The summed E-state index contributed by atoms with van der Waals surface area (Å²) < 4.78 is 10.9. The number of carbonyl (C=O) groups is 1. The molecule has 2 aromatic rings. The van der Waals surface area contributed by atoms with Crippen LogP contribution in [0.25, 0.3) is 0 Å². The van der Waals surface area contributed by atoms with E-state index in [2.05, 4.69) is 32.0 Å². The maximum atomic E-state index is 13.0. The Morgan fingerprint density at radius 1 is 1.15 bits per heavy atom. The lowest BCUT2D eigenvalue weighted by Crippen LogP contribution is -2.32. The van der Waals surface area contributed by atoms with Crippen LogP contribution in [0.3, 0.4) is 0 Å². The van der Waals surface area contributed by atoms with Gasteiger partial charge < -0.3 is 14.4 Å². The van der Waals surface area contributed by atoms with Crippen molar-refractivity contribution in [1.29, 1.82) is 0 Å². The first-order valence-electron chi connectivity index (χ1n) is 9.25. The van der Waals surface area contributed by atoms with Gasteiger partial charge in [0.05, 0.1) is 26.0 Å². The normalized spacial score (nSPS) is 16.4. The van der Waals surface area contributed by atoms with Gasteiger partial charge in [0, 0.05) is 17.0 Å². The second-order valence-electron chi connectivity index (χ2n) is 6.91. The van der Waals surface area contributed by atoms with Gasteiger partial charge in [0.15, 0.2) is 0 Å². The second-order valence-corrected chi connectivity index (χ2v) is 7.93. The number of nitrogens with zero attached hydrogens (tertiary/aromatic N) is 1. The lowest BCUT2D eigenvalue weighted by Gasteiger charge is -2.26. The van der Waals surface area contributed by atoms with Gasteiger partial charge in [0.2, 0.25) is 5.91 Å². The molecule has 0 aromatic heterocycles. The summed E-state index contributed by atoms with van der Waals surface area (Å²) in [5.41, 5.74) is 3.49. The molecule has 1 unspecified atom stereocenters. The van der Waals surface area contributed by atoms with Crippen molar-refractivity contribution in [3.63, 3.8) is 0 Å². The first-order chi connectivity index (χ1) is 13.0. The van der Waals surface area contributed by atoms with Crippen LogP contribution in [0.4, 0.5) is 0 Å². The van der Waals surface area contributed by atoms with Gasteiger partial charge >= 0.3 is 0 Å². The number of amides is 1. The van der Waals surface area contributed by atoms with Gasteiger partial charge in [-0.2, -0.15) is 0 Å². The van der Waals surface area contributed by atoms with E-state index in [0.29, 0.717) is 5.75 Å². The minimum atomic E-state index is 0.0438. The maximum Gasteiger partial charge on any atom is 0.233 e. The molecule has 1 atom stereocenters. The predicted octanol–water partition coefficient (Wildman–Crippen LogP) is 4.78. The van der Waals surface area contributed by atoms with E-state index in [1.807, 2.05) is 23.1 Å². The fourth-order valence-corrected chi connectivity index (χ4v) is 4.57. The van der Waals surface area contributed by atoms with E-state index >= 15 is 0 Å². The Bertz CT molecular complexity index is 821. The number of benzene rings is 2. The molecule has 1 heterocycles. The maximum absolute atomic E-state index is 13.0. The average Bonchev–Trinajstić information content (AvgIpc) is 3.16. The quantitative estimate of drug-likeness (QED) is 0.671. The first kappa shape index (κ1) is 19.6. The SMILES string of the molecule is COc1ccc(OC)c(C2CCCN2C(=O)CSc2ccc(C)cc2C)c1. The van der Waals surface area contributed by atoms with Gasteiger partial charge in [0.1, 0.15) is 11.5 Å². The molecule has 1 saturated heterocycles. The van der Waals surface area contributed by atoms with Crippen LogP contribution in [-0.2, 0) is 4.79 Å². The van der Waals surface area contributed by atoms with E-state index in [0.717, 1.165) is 36.4 Å². The molecule has 1 amide bonds. The van der Waals surface area contributed by atoms with Crippen LogP contribution in [0.5, 0.6) is 11.5 Å². The first-order valence-corrected chi connectivity index (χ1v) is 10.2. The molecule has 2 aromatic carbocycles. The van der Waals surface area contributed by atoms with E-state index in [9.17, 15) is 4.79 Å². The van der Waals surface area contributed by atoms with Crippen molar-refractivity contribution < 1.29 is 14.3 Å². The van der Waals surface area contributed by atoms with Crippen LogP contribution in [0.2, 0.25) is 0 Å². The summed E-state index contributed by atoms with van der Waals surface area (Å²) in [6.07, 6.45) is 1.95. The summed E-state index contributed by atoms with van der Waals surface area (Å²) in [5.74, 6) is 2.22. The fraction of sp³-hybridized carbons (Fsp3) is 0.409. The van der Waals surface area contributed by atoms with Crippen LogP contribution in [-0.4, -0.2) is 37.3 Å². The van der Waals surface area contributed by atoms with Crippen LogP contribution in [0.1, 0.15) is 35.6 Å². The summed E-state index contributed by atoms with van der Waals surface area (Å²) in [4.78, 5) is 16.1. The molecule has 1 aliphatic rings. The number of hydrogen-bond acceptors (Lipinski definition) is 4. The summed E-state index contributed by atoms with van der Waals surface area (Å²) in [6.45, 7) is 4.97. The van der Waals surface area contributed by atoms with Crippen molar-refractivity contribution in [2.24, 2.45) is 0 Å². The molecule has 0 radical (unpaired) electrons. The van der Waals surface area contributed by atoms with Gasteiger partial charge in [-0.1, -0.05) is 17.7 Å². The molecule has 0 spiro atoms. The standard InChI is InChI=1S/C22H27NO3S/c1-15-7-10-21(16(2)12-15)27-14-22(24)23-11-5-6-19(23)18-13-17(25-3)8-9-20(18)26-4/h7-10,12-13,19H,5-6,11,14H2,1-4H3. The van der Waals surface area contributed by atoms with Crippen LogP contribution >= 0.6 is 11.8 Å². The molecular formula is C22H27NO3S. The van der Waals surface area contributed by atoms with E-state index in [1.165, 1.54) is 16.0 Å². The zero-order valence-electron chi connectivity index (χ0n) is 16.5. The van der Waals surface area contributed by atoms with E-state index in [1.54, 1.807) is 26.0 Å². The Morgan fingerprint density at radius 3 is 2.67 bits per heavy atom. The highest BCUT2D eigenvalue weighted by Gasteiger charge is 2.32. The van der Waals surface area contributed by atoms with Gasteiger partial charge in [-0.05, 0) is 56.5 Å². The lowest BCUT2D eigenvalue weighted by atomic mass is 10.0. The summed E-state index contributed by atoms with van der Waals surface area (Å²) in [7, 11) is 3.33. The molecule has 4 nitrogen and oxygen atoms in total. The third-order valence-corrected chi connectivity index (χ3v) is 6.21. The van der Waals surface area contributed by atoms with Crippen molar-refractivity contribution in [1.82, 2.24) is 4.90 Å². The Balaban J connectivity index is 1.75. The van der Waals surface area contributed by atoms with Crippen molar-refractivity contribution in [3.8, 4) is 11.5 Å². The molecule has 144 valence electrons. The summed E-state index contributed by atoms with van der Waals surface area (Å²) >= 11 is 1.62. The predicted molar refractivity (Wildman–Crippen MR) is 110 cm³/mol. The second kappa shape index (κ2) is 8.70. The molecular weight excluding hydrogens is 358 g/mol. The topological polar surface area (TPSA) is 38.8 Å². The number of aryl methyl sites for hydroxylation is 2. The molecule has 5 heteroatoms. The number of carbonyl (C=O) groups excluding carboxylic acids is 1. The number of ether oxygens (including phenoxy) is 2. The number of hydrogen-bond donors (Lipinski definition) is 0. The zero-order valence-corrected chi connectivity index (χ0v) is 17.3. The highest BCUT2D eigenvalue weighted by Crippen LogP contribution is 2.39. The highest BCUT2D eigenvalue weighted by molar-refractivity contribution is 8.00. The molecule has 1 fully saturated rings. The Hall–Kier alpha value is -2.14. The molecule has 0 bridgehead atoms. The molecule has 0 N–H and O–H groups in total. The van der Waals surface area contributed by atoms with Crippen LogP contribution in [0, 0.1) is 13.8 Å². The van der Waals surface area contributed by atoms with Crippen molar-refractivity contribution in [3.05, 3.63) is 53.1 Å². The lowest BCUT2D eigenvalue weighted by molar-refractivity contribution is -0.129. The smallest absolute Gasteiger partial charge is 0.233 e. The van der Waals surface area contributed by atoms with E-state index in [-0.39, 0.29) is 11.9 Å². The van der Waals surface area contributed by atoms with Gasteiger partial charge in [-0.3, -0.25) is 4.79 Å². The Morgan fingerprint density at radius 2 is 1.96 bits per heavy atom. The van der Waals surface area contributed by atoms with Crippen LogP contribution < -0.4 is 9.47 Å². The van der Waals surface area contributed by atoms with Gasteiger partial charge in [0.25, 0.3) is 0 Å². The minimum Gasteiger partial charge on any atom is -0.497 e. The van der Waals surface area contributed by atoms with Crippen molar-refractivity contribution in [2.75, 3.05) is 26.5 Å². The number of likely N-dealkylation sites (tertiary alicyclic amines) is 1.